The van der Waals surface area contributed by atoms with E-state index in [-0.39, 0.29) is 25.1 Å². The van der Waals surface area contributed by atoms with Gasteiger partial charge in [-0.3, -0.25) is 14.9 Å². The van der Waals surface area contributed by atoms with Crippen molar-refractivity contribution in [3.8, 4) is 0 Å². The summed E-state index contributed by atoms with van der Waals surface area (Å²) in [6, 6.07) is 7.35. The van der Waals surface area contributed by atoms with Crippen molar-refractivity contribution in [3.63, 3.8) is 0 Å². The van der Waals surface area contributed by atoms with Crippen LogP contribution in [0.3, 0.4) is 0 Å². The lowest BCUT2D eigenvalue weighted by Crippen LogP contribution is -2.62. The Morgan fingerprint density at radius 3 is 2.44 bits per heavy atom. The summed E-state index contributed by atoms with van der Waals surface area (Å²) in [5.41, 5.74) is -0.346. The first-order valence-corrected chi connectivity index (χ1v) is 14.2. The van der Waals surface area contributed by atoms with Crippen molar-refractivity contribution in [2.75, 3.05) is 13.1 Å². The van der Waals surface area contributed by atoms with Gasteiger partial charge in [-0.05, 0) is 69.7 Å². The first-order chi connectivity index (χ1) is 18.2. The van der Waals surface area contributed by atoms with Crippen LogP contribution < -0.4 is 0 Å². The molecule has 1 aliphatic heterocycles. The van der Waals surface area contributed by atoms with Gasteiger partial charge in [0.15, 0.2) is 4.90 Å². The molecule has 12 heteroatoms. The first-order valence-electron chi connectivity index (χ1n) is 12.8. The molecule has 0 N–H and O–H groups in total. The molecule has 2 atom stereocenters. The number of carbonyl (C=O) groups excluding carboxylic acids is 2. The summed E-state index contributed by atoms with van der Waals surface area (Å²) in [6.45, 7) is 5.98. The Hall–Kier alpha value is -3.38. The fourth-order valence-corrected chi connectivity index (χ4v) is 6.50. The van der Waals surface area contributed by atoms with Crippen LogP contribution in [-0.2, 0) is 30.8 Å². The second-order valence-electron chi connectivity index (χ2n) is 10.9. The zero-order chi connectivity index (χ0) is 28.7. The third-order valence-electron chi connectivity index (χ3n) is 6.88. The van der Waals surface area contributed by atoms with Gasteiger partial charge in [-0.2, -0.15) is 4.31 Å². The van der Waals surface area contributed by atoms with Gasteiger partial charge >= 0.3 is 5.97 Å². The number of hydrogen-bond donors (Lipinski definition) is 0. The van der Waals surface area contributed by atoms with E-state index < -0.39 is 60.9 Å². The van der Waals surface area contributed by atoms with E-state index in [1.54, 1.807) is 26.8 Å². The third kappa shape index (κ3) is 6.11. The van der Waals surface area contributed by atoms with E-state index in [1.165, 1.54) is 30.0 Å². The molecule has 10 nitrogen and oxygen atoms in total. The fraction of sp³-hybridized carbons (Fsp3) is 0.481. The Morgan fingerprint density at radius 2 is 1.85 bits per heavy atom. The van der Waals surface area contributed by atoms with Crippen LogP contribution in [0.2, 0.25) is 0 Å². The summed E-state index contributed by atoms with van der Waals surface area (Å²) in [4.78, 5) is 38.2. The quantitative estimate of drug-likeness (QED) is 0.273. The lowest BCUT2D eigenvalue weighted by atomic mass is 9.99. The van der Waals surface area contributed by atoms with Gasteiger partial charge in [0, 0.05) is 25.6 Å². The number of ether oxygens (including phenoxy) is 1. The van der Waals surface area contributed by atoms with E-state index in [2.05, 4.69) is 0 Å². The molecule has 2 aromatic carbocycles. The van der Waals surface area contributed by atoms with Crippen LogP contribution in [0.1, 0.15) is 57.6 Å². The van der Waals surface area contributed by atoms with Crippen LogP contribution in [0, 0.1) is 15.9 Å². The molecule has 0 radical (unpaired) electrons. The Kier molecular flexibility index (Phi) is 7.82. The highest BCUT2D eigenvalue weighted by molar-refractivity contribution is 7.89. The Morgan fingerprint density at radius 1 is 1.18 bits per heavy atom. The lowest BCUT2D eigenvalue weighted by molar-refractivity contribution is -0.387. The molecule has 1 heterocycles. The molecule has 210 valence electrons. The number of sulfonamides is 1. The number of nitro benzene ring substituents is 1. The van der Waals surface area contributed by atoms with Crippen LogP contribution in [0.15, 0.2) is 47.4 Å². The second kappa shape index (κ2) is 10.6. The van der Waals surface area contributed by atoms with Crippen molar-refractivity contribution in [1.82, 2.24) is 9.21 Å². The first kappa shape index (κ1) is 28.6. The van der Waals surface area contributed by atoms with Gasteiger partial charge in [-0.25, -0.2) is 17.6 Å². The molecule has 1 saturated heterocycles. The van der Waals surface area contributed by atoms with E-state index in [0.717, 1.165) is 34.8 Å². The molecule has 0 bridgehead atoms. The molecule has 0 aromatic heterocycles. The zero-order valence-corrected chi connectivity index (χ0v) is 23.1. The predicted molar refractivity (Wildman–Crippen MR) is 140 cm³/mol. The molecule has 2 aliphatic rings. The Labute approximate surface area is 226 Å². The number of piperazine rings is 1. The summed E-state index contributed by atoms with van der Waals surface area (Å²) < 4.78 is 48.3. The smallest absolute Gasteiger partial charge is 0.329 e. The zero-order valence-electron chi connectivity index (χ0n) is 22.3. The highest BCUT2D eigenvalue weighted by Crippen LogP contribution is 2.40. The molecule has 1 aliphatic carbocycles. The number of nitrogens with zero attached hydrogens (tertiary/aromatic N) is 3. The fourth-order valence-electron chi connectivity index (χ4n) is 4.76. The van der Waals surface area contributed by atoms with Crippen LogP contribution in [0.5, 0.6) is 0 Å². The maximum absolute atomic E-state index is 15.1. The van der Waals surface area contributed by atoms with Crippen molar-refractivity contribution in [2.24, 2.45) is 0 Å². The SMILES string of the molecule is C[C@H]1C(=O)N([C@@H](Cc2ccc(C3CC3)cc2F)C(=O)OC(C)(C)C)CCN1S(=O)(=O)c1ccccc1[N+](=O)[O-]. The van der Waals surface area contributed by atoms with Crippen LogP contribution in [-0.4, -0.2) is 65.2 Å². The third-order valence-corrected chi connectivity index (χ3v) is 8.89. The maximum Gasteiger partial charge on any atom is 0.329 e. The molecule has 2 fully saturated rings. The topological polar surface area (TPSA) is 127 Å². The maximum atomic E-state index is 15.1. The van der Waals surface area contributed by atoms with Crippen molar-refractivity contribution >= 4 is 27.6 Å². The van der Waals surface area contributed by atoms with Crippen molar-refractivity contribution in [3.05, 3.63) is 69.5 Å². The molecule has 0 spiro atoms. The Bertz CT molecular complexity index is 1400. The van der Waals surface area contributed by atoms with E-state index >= 15 is 4.39 Å². The van der Waals surface area contributed by atoms with Crippen LogP contribution in [0.25, 0.3) is 0 Å². The van der Waals surface area contributed by atoms with Crippen molar-refractivity contribution in [1.29, 1.82) is 0 Å². The minimum Gasteiger partial charge on any atom is -0.458 e. The number of rotatable bonds is 8. The van der Waals surface area contributed by atoms with Gasteiger partial charge in [-0.15, -0.1) is 0 Å². The van der Waals surface area contributed by atoms with E-state index in [0.29, 0.717) is 5.92 Å². The molecule has 1 amide bonds. The van der Waals surface area contributed by atoms with Gasteiger partial charge < -0.3 is 9.64 Å². The number of halogens is 1. The molecule has 39 heavy (non-hydrogen) atoms. The number of para-hydroxylation sites is 1. The van der Waals surface area contributed by atoms with Crippen molar-refractivity contribution < 1.29 is 32.1 Å². The van der Waals surface area contributed by atoms with Gasteiger partial charge in [0.25, 0.3) is 15.7 Å². The summed E-state index contributed by atoms with van der Waals surface area (Å²) >= 11 is 0. The van der Waals surface area contributed by atoms with Gasteiger partial charge in [-0.1, -0.05) is 24.3 Å². The van der Waals surface area contributed by atoms with Gasteiger partial charge in [0.05, 0.1) is 4.92 Å². The van der Waals surface area contributed by atoms with E-state index in [1.807, 2.05) is 6.07 Å². The number of esters is 1. The largest absolute Gasteiger partial charge is 0.458 e. The van der Waals surface area contributed by atoms with Crippen LogP contribution in [0.4, 0.5) is 10.1 Å². The number of nitro groups is 1. The molecule has 0 unspecified atom stereocenters. The monoisotopic (exact) mass is 561 g/mol. The summed E-state index contributed by atoms with van der Waals surface area (Å²) in [5, 5.41) is 11.5. The average molecular weight is 562 g/mol. The Balaban J connectivity index is 1.63. The molecular formula is C27H32FN3O7S. The highest BCUT2D eigenvalue weighted by Gasteiger charge is 2.45. The number of amides is 1. The number of benzene rings is 2. The molecular weight excluding hydrogens is 529 g/mol. The number of hydrogen-bond acceptors (Lipinski definition) is 7. The average Bonchev–Trinajstić information content (AvgIpc) is 3.69. The van der Waals surface area contributed by atoms with E-state index in [4.69, 9.17) is 4.74 Å². The molecule has 1 saturated carbocycles. The van der Waals surface area contributed by atoms with Gasteiger partial charge in [0.2, 0.25) is 5.91 Å². The number of carbonyl (C=O) groups is 2. The van der Waals surface area contributed by atoms with Crippen LogP contribution >= 0.6 is 0 Å². The van der Waals surface area contributed by atoms with Gasteiger partial charge in [0.1, 0.15) is 23.5 Å². The van der Waals surface area contributed by atoms with E-state index in [9.17, 15) is 28.1 Å². The lowest BCUT2D eigenvalue weighted by Gasteiger charge is -2.41. The minimum atomic E-state index is -4.42. The predicted octanol–water partition coefficient (Wildman–Crippen LogP) is 3.79. The van der Waals surface area contributed by atoms with Crippen molar-refractivity contribution in [2.45, 2.75) is 75.5 Å². The minimum absolute atomic E-state index is 0.152. The summed E-state index contributed by atoms with van der Waals surface area (Å²) in [7, 11) is -4.42. The molecule has 2 aromatic rings. The molecule has 4 rings (SSSR count). The standard InChI is InChI=1S/C27H32FN3O7S/c1-17-25(32)29(13-14-30(17)39(36,37)24-8-6-5-7-22(24)31(34)35)23(26(33)38-27(2,3)4)16-20-12-11-19(15-21(20)28)18-9-10-18/h5-8,11-12,15,17-18,23H,9-10,13-14,16H2,1-4H3/t17-,23-/m0/s1. The second-order valence-corrected chi connectivity index (χ2v) is 12.8. The summed E-state index contributed by atoms with van der Waals surface area (Å²) in [5.74, 6) is -1.56. The highest BCUT2D eigenvalue weighted by atomic mass is 32.2. The normalized spacial score (nSPS) is 19.6. The summed E-state index contributed by atoms with van der Waals surface area (Å²) in [6.07, 6.45) is 1.86.